The van der Waals surface area contributed by atoms with Gasteiger partial charge in [-0.1, -0.05) is 6.92 Å². The van der Waals surface area contributed by atoms with Gasteiger partial charge >= 0.3 is 0 Å². The van der Waals surface area contributed by atoms with Crippen molar-refractivity contribution in [2.24, 2.45) is 5.73 Å². The van der Waals surface area contributed by atoms with Gasteiger partial charge in [-0.15, -0.1) is 0 Å². The summed E-state index contributed by atoms with van der Waals surface area (Å²) in [7, 11) is -3.04. The number of nitrogens with zero attached hydrogens (tertiary/aromatic N) is 1. The molecule has 0 aliphatic carbocycles. The standard InChI is InChI=1S/C11H22N2O2S3/c1-9-11(8-12,3-5-17-9)13-4-6-16-7-10(13)18(2,14)15/h9-10H,3-8,12H2,1-2H3. The molecule has 106 valence electrons. The van der Waals surface area contributed by atoms with E-state index in [1.807, 2.05) is 11.8 Å². The summed E-state index contributed by atoms with van der Waals surface area (Å²) in [5.74, 6) is 2.77. The molecule has 0 radical (unpaired) electrons. The molecule has 4 nitrogen and oxygen atoms in total. The predicted octanol–water partition coefficient (Wildman–Crippen LogP) is 0.629. The number of nitrogens with two attached hydrogens (primary N) is 1. The van der Waals surface area contributed by atoms with Crippen LogP contribution < -0.4 is 5.73 Å². The van der Waals surface area contributed by atoms with Crippen LogP contribution >= 0.6 is 23.5 Å². The summed E-state index contributed by atoms with van der Waals surface area (Å²) >= 11 is 3.65. The quantitative estimate of drug-likeness (QED) is 0.825. The van der Waals surface area contributed by atoms with Crippen molar-refractivity contribution in [2.45, 2.75) is 29.5 Å². The Labute approximate surface area is 118 Å². The minimum Gasteiger partial charge on any atom is -0.329 e. The Bertz CT molecular complexity index is 401. The first kappa shape index (κ1) is 15.0. The number of rotatable bonds is 3. The second-order valence-electron chi connectivity index (χ2n) is 5.12. The fraction of sp³-hybridized carbons (Fsp3) is 1.00. The highest BCUT2D eigenvalue weighted by molar-refractivity contribution is 8.01. The smallest absolute Gasteiger partial charge is 0.164 e. The Morgan fingerprint density at radius 2 is 2.17 bits per heavy atom. The van der Waals surface area contributed by atoms with E-state index < -0.39 is 9.84 Å². The van der Waals surface area contributed by atoms with Crippen molar-refractivity contribution < 1.29 is 8.42 Å². The van der Waals surface area contributed by atoms with Crippen LogP contribution in [0.1, 0.15) is 13.3 Å². The Morgan fingerprint density at radius 3 is 2.67 bits per heavy atom. The Hall–Kier alpha value is 0.570. The van der Waals surface area contributed by atoms with Gasteiger partial charge in [0.1, 0.15) is 5.37 Å². The summed E-state index contributed by atoms with van der Waals surface area (Å²) in [4.78, 5) is 2.20. The molecular weight excluding hydrogens is 288 g/mol. The van der Waals surface area contributed by atoms with Crippen molar-refractivity contribution in [2.75, 3.05) is 36.6 Å². The predicted molar refractivity (Wildman–Crippen MR) is 81.0 cm³/mol. The van der Waals surface area contributed by atoms with Gasteiger partial charge < -0.3 is 5.73 Å². The fourth-order valence-electron chi connectivity index (χ4n) is 2.98. The second-order valence-corrected chi connectivity index (χ2v) is 9.92. The maximum absolute atomic E-state index is 12.0. The lowest BCUT2D eigenvalue weighted by atomic mass is 9.90. The Kier molecular flexibility index (Phi) is 4.59. The molecule has 3 atom stereocenters. The monoisotopic (exact) mass is 310 g/mol. The highest BCUT2D eigenvalue weighted by Crippen LogP contribution is 2.42. The second kappa shape index (κ2) is 5.52. The van der Waals surface area contributed by atoms with Crippen LogP contribution in [0.25, 0.3) is 0 Å². The van der Waals surface area contributed by atoms with Crippen molar-refractivity contribution in [3.63, 3.8) is 0 Å². The molecule has 2 saturated heterocycles. The Morgan fingerprint density at radius 1 is 1.44 bits per heavy atom. The molecule has 0 aromatic rings. The van der Waals surface area contributed by atoms with Gasteiger partial charge in [-0.25, -0.2) is 8.42 Å². The number of hydrogen-bond acceptors (Lipinski definition) is 6. The molecule has 2 aliphatic heterocycles. The van der Waals surface area contributed by atoms with E-state index in [1.165, 1.54) is 6.26 Å². The lowest BCUT2D eigenvalue weighted by Crippen LogP contribution is -2.64. The maximum atomic E-state index is 12.0. The molecule has 7 heteroatoms. The average Bonchev–Trinajstić information content (AvgIpc) is 2.70. The van der Waals surface area contributed by atoms with Gasteiger partial charge in [0.2, 0.25) is 0 Å². The third-order valence-corrected chi connectivity index (χ3v) is 8.19. The molecule has 0 aromatic heterocycles. The number of hydrogen-bond donors (Lipinski definition) is 1. The molecule has 0 saturated carbocycles. The van der Waals surface area contributed by atoms with Crippen LogP contribution in [0.2, 0.25) is 0 Å². The van der Waals surface area contributed by atoms with Crippen LogP contribution in [0.4, 0.5) is 0 Å². The molecule has 0 bridgehead atoms. The van der Waals surface area contributed by atoms with Crippen molar-refractivity contribution >= 4 is 33.4 Å². The average molecular weight is 311 g/mol. The fourth-order valence-corrected chi connectivity index (χ4v) is 7.39. The van der Waals surface area contributed by atoms with Crippen LogP contribution in [0.5, 0.6) is 0 Å². The molecule has 0 aromatic carbocycles. The third kappa shape index (κ3) is 2.57. The molecule has 18 heavy (non-hydrogen) atoms. The van der Waals surface area contributed by atoms with E-state index in [4.69, 9.17) is 5.73 Å². The van der Waals surface area contributed by atoms with Gasteiger partial charge in [-0.05, 0) is 12.2 Å². The molecule has 2 fully saturated rings. The van der Waals surface area contributed by atoms with Crippen molar-refractivity contribution in [1.29, 1.82) is 0 Å². The van der Waals surface area contributed by atoms with Crippen LogP contribution in [-0.2, 0) is 9.84 Å². The number of thioether (sulfide) groups is 2. The normalized spacial score (nSPS) is 39.1. The topological polar surface area (TPSA) is 63.4 Å². The SMILES string of the molecule is CC1SCCC1(CN)N1CCSCC1S(C)(=O)=O. The molecule has 0 amide bonds. The van der Waals surface area contributed by atoms with Gasteiger partial charge in [0.25, 0.3) is 0 Å². The summed E-state index contributed by atoms with van der Waals surface area (Å²) in [6, 6.07) is 0. The van der Waals surface area contributed by atoms with E-state index in [0.717, 1.165) is 24.5 Å². The summed E-state index contributed by atoms with van der Waals surface area (Å²) in [5.41, 5.74) is 5.91. The van der Waals surface area contributed by atoms with E-state index in [1.54, 1.807) is 11.8 Å². The molecule has 2 N–H and O–H groups in total. The molecule has 0 spiro atoms. The molecule has 2 heterocycles. The van der Waals surface area contributed by atoms with E-state index in [2.05, 4.69) is 11.8 Å². The van der Waals surface area contributed by atoms with E-state index in [-0.39, 0.29) is 10.9 Å². The minimum absolute atomic E-state index is 0.126. The highest BCUT2D eigenvalue weighted by Gasteiger charge is 2.49. The van der Waals surface area contributed by atoms with Crippen LogP contribution in [0.3, 0.4) is 0 Å². The van der Waals surface area contributed by atoms with Crippen molar-refractivity contribution in [3.05, 3.63) is 0 Å². The Balaban J connectivity index is 2.33. The lowest BCUT2D eigenvalue weighted by molar-refractivity contribution is 0.0931. The zero-order chi connectivity index (χ0) is 13.4. The van der Waals surface area contributed by atoms with Gasteiger partial charge in [0, 0.05) is 41.6 Å². The van der Waals surface area contributed by atoms with Gasteiger partial charge in [-0.3, -0.25) is 4.90 Å². The largest absolute Gasteiger partial charge is 0.329 e. The van der Waals surface area contributed by atoms with Crippen molar-refractivity contribution in [1.82, 2.24) is 4.90 Å². The van der Waals surface area contributed by atoms with Gasteiger partial charge in [0.05, 0.1) is 0 Å². The first-order valence-electron chi connectivity index (χ1n) is 6.27. The summed E-state index contributed by atoms with van der Waals surface area (Å²) < 4.78 is 24.0. The minimum atomic E-state index is -3.04. The van der Waals surface area contributed by atoms with E-state index in [9.17, 15) is 8.42 Å². The van der Waals surface area contributed by atoms with E-state index >= 15 is 0 Å². The van der Waals surface area contributed by atoms with E-state index in [0.29, 0.717) is 17.5 Å². The maximum Gasteiger partial charge on any atom is 0.164 e. The zero-order valence-corrected chi connectivity index (χ0v) is 13.4. The van der Waals surface area contributed by atoms with Crippen LogP contribution in [0, 0.1) is 0 Å². The first-order valence-corrected chi connectivity index (χ1v) is 10.4. The van der Waals surface area contributed by atoms with Gasteiger partial charge in [-0.2, -0.15) is 23.5 Å². The molecule has 2 aliphatic rings. The summed E-state index contributed by atoms with van der Waals surface area (Å²) in [5, 5.41) is 0.0517. The molecule has 3 unspecified atom stereocenters. The zero-order valence-electron chi connectivity index (χ0n) is 11.0. The first-order chi connectivity index (χ1) is 8.42. The van der Waals surface area contributed by atoms with Crippen molar-refractivity contribution in [3.8, 4) is 0 Å². The molecule has 2 rings (SSSR count). The highest BCUT2D eigenvalue weighted by atomic mass is 32.2. The summed E-state index contributed by atoms with van der Waals surface area (Å²) in [6.07, 6.45) is 2.36. The van der Waals surface area contributed by atoms with Gasteiger partial charge in [0.15, 0.2) is 9.84 Å². The summed E-state index contributed by atoms with van der Waals surface area (Å²) in [6.45, 7) is 3.58. The molecular formula is C11H22N2O2S3. The third-order valence-electron chi connectivity index (χ3n) is 4.16. The van der Waals surface area contributed by atoms with Crippen LogP contribution in [-0.4, -0.2) is 66.1 Å². The van der Waals surface area contributed by atoms with Crippen LogP contribution in [0.15, 0.2) is 0 Å². The number of sulfone groups is 1. The lowest BCUT2D eigenvalue weighted by Gasteiger charge is -2.48.